The molecule has 2 saturated heterocycles. The Bertz CT molecular complexity index is 2150. The highest BCUT2D eigenvalue weighted by Gasteiger charge is 2.20. The minimum absolute atomic E-state index is 0.0347. The van der Waals surface area contributed by atoms with Crippen LogP contribution in [0.3, 0.4) is 0 Å². The van der Waals surface area contributed by atoms with Crippen LogP contribution in [0.15, 0.2) is 65.8 Å². The summed E-state index contributed by atoms with van der Waals surface area (Å²) >= 11 is 21.9. The average molecular weight is 890 g/mol. The van der Waals surface area contributed by atoms with Crippen molar-refractivity contribution in [3.63, 3.8) is 0 Å². The van der Waals surface area contributed by atoms with Crippen molar-refractivity contribution in [1.29, 1.82) is 0 Å². The summed E-state index contributed by atoms with van der Waals surface area (Å²) < 4.78 is 10.8. The molecule has 0 bridgehead atoms. The van der Waals surface area contributed by atoms with E-state index in [-0.39, 0.29) is 11.1 Å². The van der Waals surface area contributed by atoms with E-state index in [0.717, 1.165) is 103 Å². The van der Waals surface area contributed by atoms with Crippen LogP contribution >= 0.6 is 63.1 Å². The molecular formula is C37H36BrCl2N7O6S2. The smallest absolute Gasteiger partial charge is 0.314 e. The highest BCUT2D eigenvalue weighted by molar-refractivity contribution is 9.09. The number of alkyl halides is 1. The first-order valence-corrected chi connectivity index (χ1v) is 20.4. The Hall–Kier alpha value is -4.03. The number of aromatic amines is 1. The number of ether oxygens (including phenoxy) is 2. The molecule has 0 saturated carbocycles. The summed E-state index contributed by atoms with van der Waals surface area (Å²) in [6, 6.07) is 20.2. The number of H-pyrrole nitrogens is 1. The van der Waals surface area contributed by atoms with E-state index in [2.05, 4.69) is 82.4 Å². The summed E-state index contributed by atoms with van der Waals surface area (Å²) in [6.07, 6.45) is 0.681. The fourth-order valence-electron chi connectivity index (χ4n) is 5.92. The van der Waals surface area contributed by atoms with Gasteiger partial charge in [-0.05, 0) is 36.4 Å². The Labute approximate surface area is 344 Å². The minimum atomic E-state index is -0.896. The zero-order valence-corrected chi connectivity index (χ0v) is 34.0. The van der Waals surface area contributed by atoms with Gasteiger partial charge in [0.15, 0.2) is 10.8 Å². The van der Waals surface area contributed by atoms with Gasteiger partial charge in [-0.25, -0.2) is 15.0 Å². The zero-order valence-electron chi connectivity index (χ0n) is 29.3. The van der Waals surface area contributed by atoms with Gasteiger partial charge in [0.05, 0.1) is 75.5 Å². The molecule has 3 aliphatic heterocycles. The number of morpholine rings is 2. The van der Waals surface area contributed by atoms with E-state index in [1.807, 2.05) is 18.2 Å². The van der Waals surface area contributed by atoms with E-state index in [4.69, 9.17) is 60.1 Å². The number of thioether (sulfide) groups is 1. The van der Waals surface area contributed by atoms with E-state index in [9.17, 15) is 9.59 Å². The fraction of sp³-hybridized carbons (Fsp3) is 0.297. The second-order valence-electron chi connectivity index (χ2n) is 12.3. The predicted octanol–water partition coefficient (Wildman–Crippen LogP) is 7.29. The van der Waals surface area contributed by atoms with Crippen LogP contribution in [0.5, 0.6) is 0 Å². The van der Waals surface area contributed by atoms with E-state index < -0.39 is 11.9 Å². The van der Waals surface area contributed by atoms with E-state index in [1.54, 1.807) is 6.07 Å². The van der Waals surface area contributed by atoms with Crippen molar-refractivity contribution in [1.82, 2.24) is 19.9 Å². The number of imidazole rings is 1. The number of hydrogen-bond acceptors (Lipinski definition) is 11. The molecule has 18 heteroatoms. The first kappa shape index (κ1) is 40.6. The topological polar surface area (TPSA) is 166 Å². The average Bonchev–Trinajstić information content (AvgIpc) is 3.78. The quantitative estimate of drug-likeness (QED) is 0.0697. The maximum atomic E-state index is 10.7. The first-order chi connectivity index (χ1) is 26.6. The normalized spacial score (nSPS) is 15.0. The second-order valence-corrected chi connectivity index (χ2v) is 15.1. The zero-order chi connectivity index (χ0) is 38.9. The van der Waals surface area contributed by atoms with Crippen molar-refractivity contribution < 1.29 is 29.3 Å². The van der Waals surface area contributed by atoms with Crippen molar-refractivity contribution in [2.24, 2.45) is 0 Å². The lowest BCUT2D eigenvalue weighted by Crippen LogP contribution is -2.36. The van der Waals surface area contributed by atoms with Gasteiger partial charge in [0, 0.05) is 55.1 Å². The fourth-order valence-corrected chi connectivity index (χ4v) is 7.28. The van der Waals surface area contributed by atoms with E-state index >= 15 is 0 Å². The number of rotatable bonds is 8. The van der Waals surface area contributed by atoms with Crippen LogP contribution < -0.4 is 15.1 Å². The number of aliphatic carboxylic acids is 2. The number of carboxylic acids is 2. The van der Waals surface area contributed by atoms with Gasteiger partial charge >= 0.3 is 11.9 Å². The van der Waals surface area contributed by atoms with Crippen molar-refractivity contribution in [2.45, 2.75) is 11.6 Å². The summed E-state index contributed by atoms with van der Waals surface area (Å²) in [6.45, 7) is 6.68. The van der Waals surface area contributed by atoms with E-state index in [0.29, 0.717) is 38.5 Å². The van der Waals surface area contributed by atoms with Gasteiger partial charge in [0.2, 0.25) is 0 Å². The van der Waals surface area contributed by atoms with Gasteiger partial charge in [0.25, 0.3) is 0 Å². The molecule has 5 aromatic rings. The summed E-state index contributed by atoms with van der Waals surface area (Å²) in [7, 11) is 0. The molecule has 2 aromatic carbocycles. The number of nitrogens with one attached hydrogen (secondary N) is 2. The number of carboxylic acid groups (broad SMARTS) is 2. The predicted molar refractivity (Wildman–Crippen MR) is 225 cm³/mol. The summed E-state index contributed by atoms with van der Waals surface area (Å²) in [5, 5.41) is 21.3. The van der Waals surface area contributed by atoms with Crippen LogP contribution in [0.1, 0.15) is 5.69 Å². The third-order valence-electron chi connectivity index (χ3n) is 8.54. The molecule has 0 aliphatic carbocycles. The van der Waals surface area contributed by atoms with Crippen LogP contribution in [0, 0.1) is 0 Å². The maximum Gasteiger partial charge on any atom is 0.314 e. The van der Waals surface area contributed by atoms with Gasteiger partial charge in [-0.2, -0.15) is 0 Å². The number of anilines is 3. The summed E-state index contributed by atoms with van der Waals surface area (Å²) in [5.74, 6) is -1.79. The molecule has 4 N–H and O–H groups in total. The number of pyridine rings is 2. The summed E-state index contributed by atoms with van der Waals surface area (Å²) in [5.41, 5.74) is 8.82. The molecule has 13 nitrogen and oxygen atoms in total. The van der Waals surface area contributed by atoms with Crippen LogP contribution in [-0.4, -0.2) is 111 Å². The number of carbonyl (C=O) groups is 2. The van der Waals surface area contributed by atoms with Gasteiger partial charge in [-0.1, -0.05) is 87.4 Å². The third kappa shape index (κ3) is 10.8. The van der Waals surface area contributed by atoms with Gasteiger partial charge in [-0.15, -0.1) is 0 Å². The Morgan fingerprint density at radius 1 is 0.800 bits per heavy atom. The lowest BCUT2D eigenvalue weighted by atomic mass is 10.1. The minimum Gasteiger partial charge on any atom is -0.481 e. The number of benzene rings is 2. The number of hydrogen-bond donors (Lipinski definition) is 4. The number of aromatic nitrogens is 4. The molecule has 2 fully saturated rings. The van der Waals surface area contributed by atoms with Crippen LogP contribution in [0.25, 0.3) is 33.7 Å². The van der Waals surface area contributed by atoms with Crippen molar-refractivity contribution in [3.05, 3.63) is 76.4 Å². The largest absolute Gasteiger partial charge is 0.481 e. The van der Waals surface area contributed by atoms with Gasteiger partial charge < -0.3 is 39.8 Å². The second kappa shape index (κ2) is 19.2. The van der Waals surface area contributed by atoms with Crippen molar-refractivity contribution >= 4 is 108 Å². The molecule has 0 amide bonds. The Balaban J connectivity index is 0.000000168. The van der Waals surface area contributed by atoms with Gasteiger partial charge in [0.1, 0.15) is 5.33 Å². The van der Waals surface area contributed by atoms with Crippen LogP contribution in [0.2, 0.25) is 10.0 Å². The van der Waals surface area contributed by atoms with Crippen molar-refractivity contribution in [3.8, 4) is 22.5 Å². The maximum absolute atomic E-state index is 10.7. The number of fused-ring (bicyclic) bond motifs is 2. The lowest BCUT2D eigenvalue weighted by Gasteiger charge is -2.28. The van der Waals surface area contributed by atoms with Crippen LogP contribution in [0.4, 0.5) is 17.1 Å². The Morgan fingerprint density at radius 2 is 1.31 bits per heavy atom. The van der Waals surface area contributed by atoms with E-state index in [1.165, 1.54) is 5.69 Å². The Kier molecular flexibility index (Phi) is 14.2. The molecule has 6 heterocycles. The number of halogens is 3. The molecule has 55 heavy (non-hydrogen) atoms. The van der Waals surface area contributed by atoms with Gasteiger partial charge in [-0.3, -0.25) is 9.59 Å². The molecule has 3 aromatic heterocycles. The molecule has 288 valence electrons. The first-order valence-electron chi connectivity index (χ1n) is 17.1. The number of nitrogens with zero attached hydrogens (tertiary/aromatic N) is 5. The Morgan fingerprint density at radius 3 is 1.82 bits per heavy atom. The van der Waals surface area contributed by atoms with Crippen molar-refractivity contribution in [2.75, 3.05) is 78.8 Å². The SMILES string of the molecule is O=C(O)CBr.O=C(O)CSc1nc2nc(-c3ccc(N4CCOCC4)cc3)c(Cl)cc2[nH]1.S=C1Cc2nc(-c3ccc(N4CCOCC4)cc3)c(Cl)cc2N1. The lowest BCUT2D eigenvalue weighted by molar-refractivity contribution is -0.134. The molecule has 8 rings (SSSR count). The number of thiocarbonyl (C=S) groups is 1. The molecule has 0 unspecified atom stereocenters. The standard InChI is InChI=1S/C18H17ClN4O3S.C17H16ClN3OS.C2H3BrO2/c19-13-9-14-17(22-18(20-14)27-10-15(24)25)21-16(13)11-1-3-12(4-2-11)23-5-7-26-8-6-23;18-13-9-14-15(10-16(23)19-14)20-17(13)11-1-3-12(4-2-11)21-5-7-22-8-6-21;3-1-2(4)5/h1-4,9H,5-8,10H2,(H,24,25)(H,20,21,22);1-4,9H,5-8,10H2,(H,19,23);1H2,(H,4,5). The molecule has 0 radical (unpaired) electrons. The highest BCUT2D eigenvalue weighted by Crippen LogP contribution is 2.34. The monoisotopic (exact) mass is 887 g/mol. The third-order valence-corrected chi connectivity index (χ3v) is 10.7. The molecular weight excluding hydrogens is 853 g/mol. The molecule has 0 spiro atoms. The highest BCUT2D eigenvalue weighted by atomic mass is 79.9. The molecule has 0 atom stereocenters. The molecule has 3 aliphatic rings. The summed E-state index contributed by atoms with van der Waals surface area (Å²) in [4.78, 5) is 42.1. The van der Waals surface area contributed by atoms with Crippen LogP contribution in [-0.2, 0) is 25.5 Å².